The minimum absolute atomic E-state index is 0. The van der Waals surface area contributed by atoms with E-state index in [-0.39, 0.29) is 92.6 Å². The molecule has 0 saturated carbocycles. The summed E-state index contributed by atoms with van der Waals surface area (Å²) in [6, 6.07) is -3.68. The molecule has 0 aliphatic rings. The first-order valence-electron chi connectivity index (χ1n) is 32.1. The van der Waals surface area contributed by atoms with Crippen LogP contribution in [0.3, 0.4) is 0 Å². The van der Waals surface area contributed by atoms with Crippen molar-refractivity contribution in [2.75, 3.05) is 0 Å². The fraction of sp³-hybridized carbons (Fsp3) is 0.857. The predicted octanol–water partition coefficient (Wildman–Crippen LogP) is 10.7. The van der Waals surface area contributed by atoms with Crippen molar-refractivity contribution < 1.29 is 90.9 Å². The van der Waals surface area contributed by atoms with Crippen LogP contribution in [0.1, 0.15) is 329 Å². The first kappa shape index (κ1) is 84.2. The van der Waals surface area contributed by atoms with Gasteiger partial charge in [0.05, 0.1) is 36.0 Å². The van der Waals surface area contributed by atoms with Crippen LogP contribution in [0.2, 0.25) is 0 Å². The van der Waals surface area contributed by atoms with Crippen molar-refractivity contribution in [1.29, 1.82) is 0 Å². The van der Waals surface area contributed by atoms with Gasteiger partial charge in [-0.2, -0.15) is 0 Å². The van der Waals surface area contributed by atoms with E-state index in [9.17, 15) is 58.5 Å². The third kappa shape index (κ3) is 66.5. The maximum absolute atomic E-state index is 11.8. The van der Waals surface area contributed by atoms with Crippen molar-refractivity contribution in [1.82, 2.24) is 16.0 Å². The fourth-order valence-corrected chi connectivity index (χ4v) is 9.26. The van der Waals surface area contributed by atoms with Crippen molar-refractivity contribution in [3.8, 4) is 0 Å². The number of carboxylic acid groups (broad SMARTS) is 6. The molecule has 0 bridgehead atoms. The zero-order valence-corrected chi connectivity index (χ0v) is 52.4. The van der Waals surface area contributed by atoms with Crippen molar-refractivity contribution in [2.45, 2.75) is 347 Å². The van der Waals surface area contributed by atoms with Gasteiger partial charge in [-0.15, -0.1) is 0 Å². The summed E-state index contributed by atoms with van der Waals surface area (Å²) in [4.78, 5) is 99.5. The largest absolute Gasteiger partial charge is 3.00 e. The molecular formula is C63H114FeN3O15. The Hall–Kier alpha value is -4.25. The van der Waals surface area contributed by atoms with Crippen molar-refractivity contribution in [3.63, 3.8) is 0 Å². The van der Waals surface area contributed by atoms with Gasteiger partial charge in [0, 0.05) is 38.5 Å². The van der Waals surface area contributed by atoms with Crippen molar-refractivity contribution in [3.05, 3.63) is 0 Å². The number of aliphatic carboxylic acids is 6. The summed E-state index contributed by atoms with van der Waals surface area (Å²) < 4.78 is 0. The standard InChI is InChI=1S/3C21H39NO5.Fe/c3*1-2-3-4-5-6-7-8-9-10-11-12-13-14-15-19(23)22-18(21(26)27)16-17-20(24)25;/h3*18H,2-17H2,1H3,(H,22,23)(H,24,25)(H,26,27);/q;;;+3/p-3/t3*18-;/m000./s1. The molecule has 82 heavy (non-hydrogen) atoms. The normalized spacial score (nSPS) is 11.7. The van der Waals surface area contributed by atoms with E-state index in [1.54, 1.807) is 0 Å². The summed E-state index contributed by atoms with van der Waals surface area (Å²) >= 11 is 0. The van der Waals surface area contributed by atoms with Gasteiger partial charge in [0.25, 0.3) is 0 Å². The summed E-state index contributed by atoms with van der Waals surface area (Å²) in [5, 5.41) is 65.6. The van der Waals surface area contributed by atoms with Gasteiger partial charge in [0.1, 0.15) is 0 Å². The van der Waals surface area contributed by atoms with Crippen LogP contribution in [0.4, 0.5) is 0 Å². The third-order valence-electron chi connectivity index (χ3n) is 14.3. The molecule has 0 aliphatic carbocycles. The first-order chi connectivity index (χ1) is 38.9. The average Bonchev–Trinajstić information content (AvgIpc) is 3.41. The third-order valence-corrected chi connectivity index (χ3v) is 14.3. The van der Waals surface area contributed by atoms with E-state index in [0.29, 0.717) is 0 Å². The zero-order valence-electron chi connectivity index (χ0n) is 51.3. The second kappa shape index (κ2) is 64.3. The smallest absolute Gasteiger partial charge is 0.548 e. The molecule has 479 valence electrons. The van der Waals surface area contributed by atoms with E-state index < -0.39 is 53.9 Å². The molecule has 0 aromatic carbocycles. The second-order valence-corrected chi connectivity index (χ2v) is 22.1. The minimum atomic E-state index is -1.44. The topological polar surface area (TPSA) is 320 Å². The van der Waals surface area contributed by atoms with Gasteiger partial charge in [-0.1, -0.05) is 252 Å². The molecule has 0 rings (SSSR count). The molecule has 0 aliphatic heterocycles. The average molecular weight is 1210 g/mol. The Morgan fingerprint density at radius 1 is 0.268 bits per heavy atom. The number of hydrogen-bond donors (Lipinski definition) is 6. The molecule has 0 heterocycles. The molecule has 0 saturated heterocycles. The maximum Gasteiger partial charge on any atom is 3.00 e. The second-order valence-electron chi connectivity index (χ2n) is 22.1. The fourth-order valence-electron chi connectivity index (χ4n) is 9.26. The number of rotatable bonds is 57. The molecule has 0 aromatic heterocycles. The van der Waals surface area contributed by atoms with Crippen LogP contribution in [0.25, 0.3) is 0 Å². The number of carbonyl (C=O) groups is 9. The summed E-state index contributed by atoms with van der Waals surface area (Å²) in [5.41, 5.74) is 0. The van der Waals surface area contributed by atoms with E-state index in [4.69, 9.17) is 15.3 Å². The van der Waals surface area contributed by atoms with Gasteiger partial charge in [-0.25, -0.2) is 0 Å². The molecule has 0 fully saturated rings. The van der Waals surface area contributed by atoms with E-state index in [0.717, 1.165) is 57.8 Å². The van der Waals surface area contributed by atoms with Crippen LogP contribution < -0.4 is 31.3 Å². The Bertz CT molecular complexity index is 1420. The summed E-state index contributed by atoms with van der Waals surface area (Å²) in [6.45, 7) is 6.71. The Morgan fingerprint density at radius 3 is 0.549 bits per heavy atom. The van der Waals surface area contributed by atoms with Gasteiger partial charge >= 0.3 is 35.0 Å². The number of amides is 3. The molecular weight excluding hydrogens is 1090 g/mol. The van der Waals surface area contributed by atoms with Crippen LogP contribution in [-0.2, 0) is 60.2 Å². The number of carboxylic acids is 6. The minimum Gasteiger partial charge on any atom is -0.548 e. The van der Waals surface area contributed by atoms with Gasteiger partial charge in [0.2, 0.25) is 17.7 Å². The molecule has 18 nitrogen and oxygen atoms in total. The van der Waals surface area contributed by atoms with Gasteiger partial charge in [-0.3, -0.25) is 28.8 Å². The molecule has 3 amide bonds. The monoisotopic (exact) mass is 1210 g/mol. The van der Waals surface area contributed by atoms with Crippen molar-refractivity contribution in [2.24, 2.45) is 0 Å². The summed E-state index contributed by atoms with van der Waals surface area (Å²) in [6.07, 6.45) is 47.0. The van der Waals surface area contributed by atoms with Crippen LogP contribution in [0.5, 0.6) is 0 Å². The van der Waals surface area contributed by atoms with Gasteiger partial charge < -0.3 is 61.0 Å². The summed E-state index contributed by atoms with van der Waals surface area (Å²) in [5.74, 6) is -8.63. The van der Waals surface area contributed by atoms with Crippen LogP contribution in [0.15, 0.2) is 0 Å². The van der Waals surface area contributed by atoms with E-state index in [1.165, 1.54) is 193 Å². The molecule has 1 radical (unpaired) electrons. The van der Waals surface area contributed by atoms with Crippen molar-refractivity contribution >= 4 is 53.5 Å². The molecule has 6 N–H and O–H groups in total. The van der Waals surface area contributed by atoms with Crippen LogP contribution in [-0.4, -0.2) is 87.0 Å². The van der Waals surface area contributed by atoms with Crippen LogP contribution in [0, 0.1) is 0 Å². The molecule has 3 atom stereocenters. The Labute approximate surface area is 505 Å². The van der Waals surface area contributed by atoms with Gasteiger partial charge in [-0.05, 0) is 38.5 Å². The first-order valence-corrected chi connectivity index (χ1v) is 32.1. The predicted molar refractivity (Wildman–Crippen MR) is 312 cm³/mol. The number of hydrogen-bond acceptors (Lipinski definition) is 12. The molecule has 0 spiro atoms. The molecule has 0 unspecified atom stereocenters. The SMILES string of the molecule is CCCCCCCCCCCCCCCC(=O)N[C@@H](CCC(=O)O)C(=O)[O-].CCCCCCCCCCCCCCCC(=O)N[C@@H](CCC(=O)O)C(=O)[O-].CCCCCCCCCCCCCCCC(=O)N[C@@H](CCC(=O)O)C(=O)[O-].[Fe+3]. The molecule has 19 heteroatoms. The van der Waals surface area contributed by atoms with E-state index in [2.05, 4.69) is 36.7 Å². The van der Waals surface area contributed by atoms with E-state index in [1.807, 2.05) is 0 Å². The Morgan fingerprint density at radius 2 is 0.415 bits per heavy atom. The number of nitrogens with one attached hydrogen (secondary N) is 3. The number of unbranched alkanes of at least 4 members (excludes halogenated alkanes) is 36. The van der Waals surface area contributed by atoms with E-state index >= 15 is 0 Å². The zero-order chi connectivity index (χ0) is 61.0. The number of carbonyl (C=O) groups excluding carboxylic acids is 6. The van der Waals surface area contributed by atoms with Gasteiger partial charge in [0.15, 0.2) is 0 Å². The summed E-state index contributed by atoms with van der Waals surface area (Å²) in [7, 11) is 0. The quantitative estimate of drug-likeness (QED) is 0.0244. The Kier molecular flexibility index (Phi) is 66.0. The molecule has 0 aromatic rings. The van der Waals surface area contributed by atoms with Crippen LogP contribution >= 0.6 is 0 Å². The maximum atomic E-state index is 11.8. The Balaban J connectivity index is -0.000000553.